The van der Waals surface area contributed by atoms with Crippen molar-refractivity contribution in [3.8, 4) is 0 Å². The highest BCUT2D eigenvalue weighted by molar-refractivity contribution is 14.0. The van der Waals surface area contributed by atoms with Gasteiger partial charge in [0.05, 0.1) is 10.6 Å². The number of nitrogens with zero attached hydrogens (tertiary/aromatic N) is 2. The quantitative estimate of drug-likeness (QED) is 0.286. The number of piperidine rings is 1. The summed E-state index contributed by atoms with van der Waals surface area (Å²) in [6.07, 6.45) is 1.79. The lowest BCUT2D eigenvalue weighted by Crippen LogP contribution is -2.48. The SMILES string of the molecule is CCNC(=NCCCS(=O)(=O)c1ccccc1)N1CC(C)CC(C)C1.I. The van der Waals surface area contributed by atoms with Crippen LogP contribution in [0.3, 0.4) is 0 Å². The largest absolute Gasteiger partial charge is 0.357 e. The Kier molecular flexibility index (Phi) is 9.92. The second-order valence-electron chi connectivity index (χ2n) is 7.07. The fourth-order valence-electron chi connectivity index (χ4n) is 3.45. The number of hydrogen-bond acceptors (Lipinski definition) is 3. The third kappa shape index (κ3) is 7.06. The second kappa shape index (κ2) is 11.1. The van der Waals surface area contributed by atoms with Crippen LogP contribution in [0.25, 0.3) is 0 Å². The maximum Gasteiger partial charge on any atom is 0.193 e. The summed E-state index contributed by atoms with van der Waals surface area (Å²) in [4.78, 5) is 7.38. The molecule has 5 nitrogen and oxygen atoms in total. The minimum Gasteiger partial charge on any atom is -0.357 e. The van der Waals surface area contributed by atoms with Gasteiger partial charge in [0, 0.05) is 26.2 Å². The van der Waals surface area contributed by atoms with Gasteiger partial charge >= 0.3 is 0 Å². The number of rotatable bonds is 6. The third-order valence-electron chi connectivity index (χ3n) is 4.44. The molecule has 1 saturated heterocycles. The van der Waals surface area contributed by atoms with Gasteiger partial charge in [0.15, 0.2) is 15.8 Å². The molecule has 0 spiro atoms. The van der Waals surface area contributed by atoms with E-state index in [1.54, 1.807) is 24.3 Å². The average molecular weight is 493 g/mol. The Hall–Kier alpha value is -0.830. The molecule has 26 heavy (non-hydrogen) atoms. The van der Waals surface area contributed by atoms with Crippen molar-refractivity contribution in [3.05, 3.63) is 30.3 Å². The Morgan fingerprint density at radius 3 is 2.38 bits per heavy atom. The summed E-state index contributed by atoms with van der Waals surface area (Å²) < 4.78 is 24.6. The highest BCUT2D eigenvalue weighted by Gasteiger charge is 2.24. The molecule has 1 N–H and O–H groups in total. The summed E-state index contributed by atoms with van der Waals surface area (Å²) in [6, 6.07) is 8.64. The van der Waals surface area contributed by atoms with Gasteiger partial charge in [0.2, 0.25) is 0 Å². The minimum absolute atomic E-state index is 0. The zero-order valence-electron chi connectivity index (χ0n) is 16.0. The van der Waals surface area contributed by atoms with E-state index in [0.717, 1.165) is 25.6 Å². The van der Waals surface area contributed by atoms with E-state index in [-0.39, 0.29) is 29.7 Å². The molecule has 0 aliphatic carbocycles. The van der Waals surface area contributed by atoms with Crippen molar-refractivity contribution in [2.75, 3.05) is 31.9 Å². The molecule has 1 aliphatic rings. The molecule has 1 aromatic carbocycles. The predicted octanol–water partition coefficient (Wildman–Crippen LogP) is 3.41. The number of benzene rings is 1. The zero-order chi connectivity index (χ0) is 18.3. The van der Waals surface area contributed by atoms with Crippen molar-refractivity contribution in [1.29, 1.82) is 0 Å². The van der Waals surface area contributed by atoms with E-state index in [1.807, 2.05) is 6.07 Å². The van der Waals surface area contributed by atoms with Crippen LogP contribution in [-0.2, 0) is 9.84 Å². The first kappa shape index (κ1) is 23.2. The predicted molar refractivity (Wildman–Crippen MR) is 119 cm³/mol. The van der Waals surface area contributed by atoms with Crippen LogP contribution in [0.4, 0.5) is 0 Å². The second-order valence-corrected chi connectivity index (χ2v) is 9.18. The topological polar surface area (TPSA) is 61.8 Å². The molecule has 0 radical (unpaired) electrons. The molecule has 1 fully saturated rings. The average Bonchev–Trinajstić information content (AvgIpc) is 2.57. The number of guanidine groups is 1. The Labute approximate surface area is 175 Å². The summed E-state index contributed by atoms with van der Waals surface area (Å²) >= 11 is 0. The van der Waals surface area contributed by atoms with Crippen molar-refractivity contribution in [3.63, 3.8) is 0 Å². The first-order valence-corrected chi connectivity index (χ1v) is 10.9. The lowest BCUT2D eigenvalue weighted by Gasteiger charge is -2.37. The molecule has 2 unspecified atom stereocenters. The highest BCUT2D eigenvalue weighted by atomic mass is 127. The van der Waals surface area contributed by atoms with E-state index in [9.17, 15) is 8.42 Å². The number of halogens is 1. The van der Waals surface area contributed by atoms with Gasteiger partial charge < -0.3 is 10.2 Å². The molecule has 0 amide bonds. The first-order valence-electron chi connectivity index (χ1n) is 9.23. The van der Waals surface area contributed by atoms with Gasteiger partial charge in [0.25, 0.3) is 0 Å². The molecule has 0 bridgehead atoms. The Balaban J connectivity index is 0.00000338. The van der Waals surface area contributed by atoms with Crippen LogP contribution in [0, 0.1) is 11.8 Å². The molecule has 2 atom stereocenters. The molecule has 0 saturated carbocycles. The van der Waals surface area contributed by atoms with Crippen LogP contribution in [0.15, 0.2) is 40.2 Å². The maximum absolute atomic E-state index is 12.3. The van der Waals surface area contributed by atoms with Crippen LogP contribution in [0.1, 0.15) is 33.6 Å². The van der Waals surface area contributed by atoms with Gasteiger partial charge in [-0.05, 0) is 43.7 Å². The van der Waals surface area contributed by atoms with Gasteiger partial charge in [-0.1, -0.05) is 32.0 Å². The highest BCUT2D eigenvalue weighted by Crippen LogP contribution is 2.21. The molecule has 148 valence electrons. The van der Waals surface area contributed by atoms with Crippen LogP contribution in [-0.4, -0.2) is 51.2 Å². The number of likely N-dealkylation sites (tertiary alicyclic amines) is 1. The van der Waals surface area contributed by atoms with Crippen LogP contribution >= 0.6 is 24.0 Å². The molecular formula is C19H32IN3O2S. The van der Waals surface area contributed by atoms with Crippen molar-refractivity contribution in [2.24, 2.45) is 16.8 Å². The van der Waals surface area contributed by atoms with Crippen LogP contribution < -0.4 is 5.32 Å². The van der Waals surface area contributed by atoms with E-state index >= 15 is 0 Å². The van der Waals surface area contributed by atoms with Gasteiger partial charge in [-0.2, -0.15) is 0 Å². The lowest BCUT2D eigenvalue weighted by atomic mass is 9.92. The van der Waals surface area contributed by atoms with E-state index in [2.05, 4.69) is 36.0 Å². The summed E-state index contributed by atoms with van der Waals surface area (Å²) in [5, 5.41) is 3.35. The van der Waals surface area contributed by atoms with Crippen molar-refractivity contribution < 1.29 is 8.42 Å². The summed E-state index contributed by atoms with van der Waals surface area (Å²) in [5.41, 5.74) is 0. The summed E-state index contributed by atoms with van der Waals surface area (Å²) in [5.74, 6) is 2.36. The van der Waals surface area contributed by atoms with E-state index in [0.29, 0.717) is 29.7 Å². The molecule has 1 aromatic rings. The van der Waals surface area contributed by atoms with E-state index in [4.69, 9.17) is 0 Å². The number of nitrogens with one attached hydrogen (secondary N) is 1. The Morgan fingerprint density at radius 2 is 1.81 bits per heavy atom. The number of aliphatic imine (C=N–C) groups is 1. The zero-order valence-corrected chi connectivity index (χ0v) is 19.2. The monoisotopic (exact) mass is 493 g/mol. The molecule has 7 heteroatoms. The summed E-state index contributed by atoms with van der Waals surface area (Å²) in [6.45, 7) is 9.98. The molecule has 0 aromatic heterocycles. The molecule has 2 rings (SSSR count). The maximum atomic E-state index is 12.3. The minimum atomic E-state index is -3.22. The Bertz CT molecular complexity index is 655. The van der Waals surface area contributed by atoms with Crippen molar-refractivity contribution in [2.45, 2.75) is 38.5 Å². The molecular weight excluding hydrogens is 461 g/mol. The Morgan fingerprint density at radius 1 is 1.19 bits per heavy atom. The van der Waals surface area contributed by atoms with Gasteiger partial charge in [-0.25, -0.2) is 8.42 Å². The molecule has 1 aliphatic heterocycles. The fourth-order valence-corrected chi connectivity index (χ4v) is 4.76. The first-order chi connectivity index (χ1) is 11.9. The van der Waals surface area contributed by atoms with E-state index in [1.165, 1.54) is 6.42 Å². The standard InChI is InChI=1S/C19H31N3O2S.HI/c1-4-20-19(22-14-16(2)13-17(3)15-22)21-11-8-12-25(23,24)18-9-6-5-7-10-18;/h5-7,9-10,16-17H,4,8,11-15H2,1-3H3,(H,20,21);1H. The molecule has 1 heterocycles. The lowest BCUT2D eigenvalue weighted by molar-refractivity contribution is 0.208. The number of sulfone groups is 1. The van der Waals surface area contributed by atoms with Crippen LogP contribution in [0.5, 0.6) is 0 Å². The third-order valence-corrected chi connectivity index (χ3v) is 6.25. The van der Waals surface area contributed by atoms with Crippen LogP contribution in [0.2, 0.25) is 0 Å². The van der Waals surface area contributed by atoms with Crippen molar-refractivity contribution >= 4 is 39.8 Å². The van der Waals surface area contributed by atoms with Crippen molar-refractivity contribution in [1.82, 2.24) is 10.2 Å². The van der Waals surface area contributed by atoms with Gasteiger partial charge in [0.1, 0.15) is 0 Å². The normalized spacial score (nSPS) is 21.2. The van der Waals surface area contributed by atoms with Gasteiger partial charge in [-0.3, -0.25) is 4.99 Å². The number of hydrogen-bond donors (Lipinski definition) is 1. The van der Waals surface area contributed by atoms with Gasteiger partial charge in [-0.15, -0.1) is 24.0 Å². The fraction of sp³-hybridized carbons (Fsp3) is 0.632. The summed E-state index contributed by atoms with van der Waals surface area (Å²) in [7, 11) is -3.22. The van der Waals surface area contributed by atoms with E-state index < -0.39 is 9.84 Å². The smallest absolute Gasteiger partial charge is 0.193 e.